The van der Waals surface area contributed by atoms with Crippen LogP contribution < -0.4 is 10.6 Å². The third-order valence-corrected chi connectivity index (χ3v) is 13.4. The van der Waals surface area contributed by atoms with Crippen molar-refractivity contribution < 1.29 is 28.3 Å². The van der Waals surface area contributed by atoms with Gasteiger partial charge in [0.1, 0.15) is 17.9 Å². The number of hydrogen-bond acceptors (Lipinski definition) is 7. The highest BCUT2D eigenvalue weighted by Gasteiger charge is 2.55. The first kappa shape index (κ1) is 39.3. The van der Waals surface area contributed by atoms with Gasteiger partial charge in [0.15, 0.2) is 5.67 Å². The maximum absolute atomic E-state index is 15.4. The fraction of sp³-hybridized carbons (Fsp3) is 0.318. The zero-order chi connectivity index (χ0) is 39.7. The van der Waals surface area contributed by atoms with E-state index in [4.69, 9.17) is 0 Å². The number of alkyl halides is 1. The number of aryl methyl sites for hydroxylation is 1. The molecule has 1 unspecified atom stereocenters. The van der Waals surface area contributed by atoms with E-state index >= 15 is 8.78 Å². The third-order valence-electron chi connectivity index (χ3n) is 10.6. The Bertz CT molecular complexity index is 2100. The number of aliphatic hydroxyl groups excluding tert-OH is 1. The smallest absolute Gasteiger partial charge is 0.258 e. The van der Waals surface area contributed by atoms with Crippen LogP contribution in [0, 0.1) is 12.7 Å². The lowest BCUT2D eigenvalue weighted by molar-refractivity contribution is -0.143. The number of carbonyl (C=O) groups excluding carboxylic acids is 3. The van der Waals surface area contributed by atoms with E-state index in [0.29, 0.717) is 5.56 Å². The lowest BCUT2D eigenvalue weighted by Crippen LogP contribution is -2.61. The number of nitrogens with zero attached hydrogens (tertiary/aromatic N) is 2. The van der Waals surface area contributed by atoms with Gasteiger partial charge in [-0.25, -0.2) is 13.8 Å². The summed E-state index contributed by atoms with van der Waals surface area (Å²) in [5, 5.41) is 16.4. The molecule has 5 aromatic rings. The number of β-amino-alcohol motifs (C(OH)–C–C–N with tert-alkyl or cyclic N) is 1. The second-order valence-electron chi connectivity index (χ2n) is 15.0. The molecule has 1 aliphatic heterocycles. The van der Waals surface area contributed by atoms with Crippen molar-refractivity contribution in [3.05, 3.63) is 148 Å². The van der Waals surface area contributed by atoms with Crippen molar-refractivity contribution >= 4 is 40.8 Å². The zero-order valence-electron chi connectivity index (χ0n) is 31.4. The Labute approximate surface area is 333 Å². The first-order valence-electron chi connectivity index (χ1n) is 18.6. The molecule has 3 atom stereocenters. The first-order chi connectivity index (χ1) is 26.8. The minimum Gasteiger partial charge on any atom is -0.391 e. The van der Waals surface area contributed by atoms with Crippen LogP contribution in [-0.4, -0.2) is 67.9 Å². The van der Waals surface area contributed by atoms with Crippen molar-refractivity contribution in [2.24, 2.45) is 0 Å². The van der Waals surface area contributed by atoms with Gasteiger partial charge in [-0.1, -0.05) is 103 Å². The number of rotatable bonds is 13. The van der Waals surface area contributed by atoms with Crippen LogP contribution in [0.25, 0.3) is 10.4 Å². The number of carbonyl (C=O) groups is 3. The summed E-state index contributed by atoms with van der Waals surface area (Å²) in [5.41, 5.74) is 4.10. The van der Waals surface area contributed by atoms with E-state index in [2.05, 4.69) is 15.6 Å². The van der Waals surface area contributed by atoms with E-state index in [9.17, 15) is 19.5 Å². The number of aromatic nitrogens is 1. The molecular weight excluding hydrogens is 751 g/mol. The summed E-state index contributed by atoms with van der Waals surface area (Å²) in [6.07, 6.45) is -1.00. The molecule has 1 saturated carbocycles. The number of hydrogen-bond donors (Lipinski definition) is 3. The minimum atomic E-state index is -2.09. The predicted molar refractivity (Wildman–Crippen MR) is 216 cm³/mol. The van der Waals surface area contributed by atoms with Gasteiger partial charge < -0.3 is 20.6 Å². The molecule has 2 fully saturated rings. The fourth-order valence-electron chi connectivity index (χ4n) is 7.46. The molecule has 4 aromatic carbocycles. The molecule has 8 nitrogen and oxygen atoms in total. The standard InChI is InChI=1S/C44H44F2N4O4S2/c1-28-37(55-27-48-28)29-19-20-30(35(45)23-29)25-47-39(52)36-24-34(51)26-50(36)40(53)38(49-41(54)43(46)21-22-43)42(2,3)56-44(31-13-7-4-8-14-31,32-15-9-5-10-16-32)33-17-11-6-12-18-33/h4-20,23,27,34,36,38,51H,21-22,24-26H2,1-3H3,(H,47,52)(H,49,54)/t34-,36-,38?/m1/s1. The molecule has 3 N–H and O–H groups in total. The van der Waals surface area contributed by atoms with E-state index in [1.807, 2.05) is 112 Å². The largest absolute Gasteiger partial charge is 0.391 e. The summed E-state index contributed by atoms with van der Waals surface area (Å²) < 4.78 is 28.6. The number of aliphatic hydroxyl groups is 1. The van der Waals surface area contributed by atoms with Gasteiger partial charge in [0, 0.05) is 29.8 Å². The van der Waals surface area contributed by atoms with E-state index in [0.717, 1.165) is 27.3 Å². The molecule has 2 aliphatic rings. The number of benzene rings is 4. The third kappa shape index (κ3) is 7.87. The van der Waals surface area contributed by atoms with Gasteiger partial charge in [-0.05, 0) is 61.9 Å². The molecule has 12 heteroatoms. The molecule has 0 bridgehead atoms. The molecule has 0 radical (unpaired) electrons. The number of nitrogens with one attached hydrogen (secondary N) is 2. The Morgan fingerprint density at radius 3 is 2.02 bits per heavy atom. The first-order valence-corrected chi connectivity index (χ1v) is 20.3. The number of amides is 3. The summed E-state index contributed by atoms with van der Waals surface area (Å²) in [5.74, 6) is -2.60. The zero-order valence-corrected chi connectivity index (χ0v) is 33.0. The molecule has 7 rings (SSSR count). The molecule has 2 heterocycles. The van der Waals surface area contributed by atoms with Crippen molar-refractivity contribution in [2.75, 3.05) is 6.54 Å². The van der Waals surface area contributed by atoms with E-state index in [-0.39, 0.29) is 37.9 Å². The van der Waals surface area contributed by atoms with Gasteiger partial charge >= 0.3 is 0 Å². The molecule has 1 aromatic heterocycles. The SMILES string of the molecule is Cc1ncsc1-c1ccc(CNC(=O)[C@H]2C[C@@H](O)CN2C(=O)C(NC(=O)C2(F)CC2)C(C)(C)SC(c2ccccc2)(c2ccccc2)c2ccccc2)c(F)c1. The molecule has 290 valence electrons. The average molecular weight is 795 g/mol. The molecule has 1 saturated heterocycles. The van der Waals surface area contributed by atoms with Crippen LogP contribution in [0.5, 0.6) is 0 Å². The van der Waals surface area contributed by atoms with Crippen molar-refractivity contribution in [1.29, 1.82) is 0 Å². The van der Waals surface area contributed by atoms with Gasteiger partial charge in [0.05, 0.1) is 26.9 Å². The fourth-order valence-corrected chi connectivity index (χ4v) is 10.1. The Hall–Kier alpha value is -4.91. The normalized spacial score (nSPS) is 18.3. The molecule has 1 aliphatic carbocycles. The quantitative estimate of drug-likeness (QED) is 0.108. The monoisotopic (exact) mass is 794 g/mol. The average Bonchev–Trinajstić information content (AvgIpc) is 3.61. The highest BCUT2D eigenvalue weighted by Crippen LogP contribution is 2.54. The lowest BCUT2D eigenvalue weighted by Gasteiger charge is -2.45. The van der Waals surface area contributed by atoms with Crippen molar-refractivity contribution in [3.8, 4) is 10.4 Å². The van der Waals surface area contributed by atoms with Crippen molar-refractivity contribution in [2.45, 2.75) is 79.9 Å². The van der Waals surface area contributed by atoms with Crippen LogP contribution in [-0.2, 0) is 25.7 Å². The molecule has 56 heavy (non-hydrogen) atoms. The Morgan fingerprint density at radius 2 is 1.52 bits per heavy atom. The van der Waals surface area contributed by atoms with E-state index < -0.39 is 56.9 Å². The minimum absolute atomic E-state index is 0.0458. The van der Waals surface area contributed by atoms with E-state index in [1.54, 1.807) is 17.6 Å². The summed E-state index contributed by atoms with van der Waals surface area (Å²) >= 11 is 2.86. The molecular formula is C44H44F2N4O4S2. The second kappa shape index (κ2) is 15.9. The van der Waals surface area contributed by atoms with Gasteiger partial charge in [-0.3, -0.25) is 14.4 Å². The van der Waals surface area contributed by atoms with Crippen LogP contribution in [0.15, 0.2) is 115 Å². The highest BCUT2D eigenvalue weighted by atomic mass is 32.2. The summed E-state index contributed by atoms with van der Waals surface area (Å²) in [4.78, 5) is 48.7. The maximum atomic E-state index is 15.4. The van der Waals surface area contributed by atoms with Gasteiger partial charge in [0.2, 0.25) is 11.8 Å². The summed E-state index contributed by atoms with van der Waals surface area (Å²) in [6, 6.07) is 31.9. The van der Waals surface area contributed by atoms with Crippen molar-refractivity contribution in [1.82, 2.24) is 20.5 Å². The van der Waals surface area contributed by atoms with Crippen LogP contribution in [0.4, 0.5) is 8.78 Å². The molecule has 3 amide bonds. The Morgan fingerprint density at radius 1 is 0.946 bits per heavy atom. The lowest BCUT2D eigenvalue weighted by atomic mass is 9.84. The van der Waals surface area contributed by atoms with Crippen LogP contribution >= 0.6 is 23.1 Å². The maximum Gasteiger partial charge on any atom is 0.258 e. The van der Waals surface area contributed by atoms with Gasteiger partial charge in [-0.2, -0.15) is 0 Å². The Kier molecular flexibility index (Phi) is 11.2. The topological polar surface area (TPSA) is 112 Å². The van der Waals surface area contributed by atoms with Crippen LogP contribution in [0.3, 0.4) is 0 Å². The molecule has 0 spiro atoms. The van der Waals surface area contributed by atoms with E-state index in [1.165, 1.54) is 34.1 Å². The summed E-state index contributed by atoms with van der Waals surface area (Å²) in [6.45, 7) is 5.20. The van der Waals surface area contributed by atoms with Crippen LogP contribution in [0.1, 0.15) is 61.1 Å². The predicted octanol–water partition coefficient (Wildman–Crippen LogP) is 7.33. The number of halogens is 2. The number of thioether (sulfide) groups is 1. The highest BCUT2D eigenvalue weighted by molar-refractivity contribution is 8.02. The number of likely N-dealkylation sites (tertiary alicyclic amines) is 1. The van der Waals surface area contributed by atoms with Gasteiger partial charge in [-0.15, -0.1) is 23.1 Å². The summed E-state index contributed by atoms with van der Waals surface area (Å²) in [7, 11) is 0. The van der Waals surface area contributed by atoms with Crippen LogP contribution in [0.2, 0.25) is 0 Å². The van der Waals surface area contributed by atoms with Crippen molar-refractivity contribution in [3.63, 3.8) is 0 Å². The number of thiazole rings is 1. The van der Waals surface area contributed by atoms with Gasteiger partial charge in [0.25, 0.3) is 5.91 Å². The second-order valence-corrected chi connectivity index (χ2v) is 17.8. The Balaban J connectivity index is 1.21.